The molecule has 2 rings (SSSR count). The number of halogens is 3. The first kappa shape index (κ1) is 25.3. The third kappa shape index (κ3) is 8.33. The van der Waals surface area contributed by atoms with Gasteiger partial charge in [0.25, 0.3) is 0 Å². The number of hydrogen-bond acceptors (Lipinski definition) is 5. The Morgan fingerprint density at radius 1 is 1.23 bits per heavy atom. The molecule has 8 heteroatoms. The second-order valence-electron chi connectivity index (χ2n) is 5.81. The molecule has 1 aromatic heterocycles. The van der Waals surface area contributed by atoms with Crippen molar-refractivity contribution in [2.45, 2.75) is 19.6 Å². The van der Waals surface area contributed by atoms with Gasteiger partial charge < -0.3 is 19.7 Å². The minimum atomic E-state index is 0. The molecule has 148 valence electrons. The Morgan fingerprint density at radius 3 is 2.62 bits per heavy atom. The largest absolute Gasteiger partial charge is 0.493 e. The second kappa shape index (κ2) is 13.5. The molecule has 1 aromatic carbocycles. The lowest BCUT2D eigenvalue weighted by Gasteiger charge is -2.14. The minimum Gasteiger partial charge on any atom is -0.493 e. The van der Waals surface area contributed by atoms with Gasteiger partial charge in [-0.15, -0.1) is 36.2 Å². The lowest BCUT2D eigenvalue weighted by Crippen LogP contribution is -2.21. The lowest BCUT2D eigenvalue weighted by molar-refractivity contribution is 0.287. The van der Waals surface area contributed by atoms with E-state index in [0.717, 1.165) is 36.5 Å². The molecule has 0 fully saturated rings. The van der Waals surface area contributed by atoms with Gasteiger partial charge in [0, 0.05) is 11.4 Å². The fourth-order valence-electron chi connectivity index (χ4n) is 2.31. The van der Waals surface area contributed by atoms with Crippen LogP contribution in [-0.2, 0) is 13.2 Å². The predicted octanol–water partition coefficient (Wildman–Crippen LogP) is 4.87. The van der Waals surface area contributed by atoms with E-state index >= 15 is 0 Å². The zero-order valence-corrected chi connectivity index (χ0v) is 18.5. The molecular formula is C18H27Cl3N2O2S. The molecule has 0 atom stereocenters. The number of methoxy groups -OCH3 is 1. The van der Waals surface area contributed by atoms with Crippen molar-refractivity contribution < 1.29 is 9.47 Å². The van der Waals surface area contributed by atoms with Crippen LogP contribution >= 0.6 is 47.8 Å². The van der Waals surface area contributed by atoms with E-state index < -0.39 is 0 Å². The summed E-state index contributed by atoms with van der Waals surface area (Å²) in [6, 6.07) is 7.96. The molecule has 0 bridgehead atoms. The summed E-state index contributed by atoms with van der Waals surface area (Å²) in [6.07, 6.45) is 1.11. The van der Waals surface area contributed by atoms with Gasteiger partial charge in [0.2, 0.25) is 0 Å². The highest BCUT2D eigenvalue weighted by Gasteiger charge is 2.12. The van der Waals surface area contributed by atoms with Crippen LogP contribution in [0.3, 0.4) is 0 Å². The highest BCUT2D eigenvalue weighted by atomic mass is 35.5. The fraction of sp³-hybridized carbons (Fsp3) is 0.444. The second-order valence-corrected chi connectivity index (χ2v) is 7.25. The summed E-state index contributed by atoms with van der Waals surface area (Å²) in [5, 5.41) is 6.04. The van der Waals surface area contributed by atoms with E-state index in [1.54, 1.807) is 18.4 Å². The van der Waals surface area contributed by atoms with E-state index in [1.165, 1.54) is 0 Å². The Morgan fingerprint density at radius 2 is 2.00 bits per heavy atom. The van der Waals surface area contributed by atoms with Crippen molar-refractivity contribution in [3.8, 4) is 11.5 Å². The maximum absolute atomic E-state index is 6.40. The summed E-state index contributed by atoms with van der Waals surface area (Å²) in [5.74, 6) is 1.27. The van der Waals surface area contributed by atoms with Crippen LogP contribution in [0, 0.1) is 0 Å². The van der Waals surface area contributed by atoms with Crippen molar-refractivity contribution in [3.05, 3.63) is 45.1 Å². The predicted molar refractivity (Wildman–Crippen MR) is 116 cm³/mol. The van der Waals surface area contributed by atoms with Crippen LogP contribution in [0.25, 0.3) is 0 Å². The third-order valence-corrected chi connectivity index (χ3v) is 4.65. The van der Waals surface area contributed by atoms with Crippen molar-refractivity contribution in [2.75, 3.05) is 34.3 Å². The van der Waals surface area contributed by atoms with E-state index in [-0.39, 0.29) is 24.8 Å². The molecule has 1 N–H and O–H groups in total. The quantitative estimate of drug-likeness (QED) is 0.533. The van der Waals surface area contributed by atoms with E-state index in [0.29, 0.717) is 23.1 Å². The Labute approximate surface area is 177 Å². The van der Waals surface area contributed by atoms with Gasteiger partial charge in [-0.2, -0.15) is 0 Å². The molecule has 4 nitrogen and oxygen atoms in total. The Bertz CT molecular complexity index is 625. The van der Waals surface area contributed by atoms with Crippen LogP contribution in [-0.4, -0.2) is 39.2 Å². The van der Waals surface area contributed by atoms with Crippen LogP contribution in [0.5, 0.6) is 11.5 Å². The maximum Gasteiger partial charge on any atom is 0.180 e. The number of nitrogens with one attached hydrogen (secondary N) is 1. The smallest absolute Gasteiger partial charge is 0.180 e. The first-order valence-electron chi connectivity index (χ1n) is 7.97. The van der Waals surface area contributed by atoms with E-state index in [9.17, 15) is 0 Å². The van der Waals surface area contributed by atoms with E-state index in [4.69, 9.17) is 21.1 Å². The van der Waals surface area contributed by atoms with E-state index in [2.05, 4.69) is 24.3 Å². The van der Waals surface area contributed by atoms with Crippen molar-refractivity contribution >= 4 is 47.8 Å². The number of thiophene rings is 1. The van der Waals surface area contributed by atoms with Gasteiger partial charge in [0.1, 0.15) is 6.61 Å². The van der Waals surface area contributed by atoms with Crippen molar-refractivity contribution in [3.63, 3.8) is 0 Å². The zero-order chi connectivity index (χ0) is 17.4. The van der Waals surface area contributed by atoms with Gasteiger partial charge in [-0.1, -0.05) is 17.7 Å². The third-order valence-electron chi connectivity index (χ3n) is 3.52. The minimum absolute atomic E-state index is 0. The molecule has 0 radical (unpaired) electrons. The molecule has 0 amide bonds. The van der Waals surface area contributed by atoms with Crippen LogP contribution in [0.4, 0.5) is 0 Å². The molecular weight excluding hydrogens is 415 g/mol. The monoisotopic (exact) mass is 440 g/mol. The zero-order valence-electron chi connectivity index (χ0n) is 15.3. The standard InChI is InChI=1S/C18H25ClN2O2S.2ClH/c1-21(2)8-5-7-20-12-14-10-16(19)18(17(11-14)22-3)23-13-15-6-4-9-24-15;;/h4,6,9-11,20H,5,7-8,12-13H2,1-3H3;2*1H. The lowest BCUT2D eigenvalue weighted by atomic mass is 10.2. The van der Waals surface area contributed by atoms with Crippen molar-refractivity contribution in [1.82, 2.24) is 10.2 Å². The summed E-state index contributed by atoms with van der Waals surface area (Å²) in [5.41, 5.74) is 1.09. The van der Waals surface area contributed by atoms with Crippen molar-refractivity contribution in [2.24, 2.45) is 0 Å². The normalized spacial score (nSPS) is 10.2. The van der Waals surface area contributed by atoms with E-state index in [1.807, 2.05) is 29.6 Å². The molecule has 2 aromatic rings. The summed E-state index contributed by atoms with van der Waals surface area (Å²) in [7, 11) is 5.80. The molecule has 0 saturated heterocycles. The van der Waals surface area contributed by atoms with Gasteiger partial charge in [-0.25, -0.2) is 0 Å². The van der Waals surface area contributed by atoms with Crippen LogP contribution in [0.15, 0.2) is 29.6 Å². The molecule has 0 aliphatic carbocycles. The highest BCUT2D eigenvalue weighted by Crippen LogP contribution is 2.37. The average molecular weight is 442 g/mol. The Balaban J connectivity index is 0.00000312. The van der Waals surface area contributed by atoms with Gasteiger partial charge in [-0.3, -0.25) is 0 Å². The number of nitrogens with zero attached hydrogens (tertiary/aromatic N) is 1. The number of benzene rings is 1. The fourth-order valence-corrected chi connectivity index (χ4v) is 3.21. The molecule has 0 spiro atoms. The topological polar surface area (TPSA) is 33.7 Å². The van der Waals surface area contributed by atoms with Gasteiger partial charge >= 0.3 is 0 Å². The number of rotatable bonds is 10. The molecule has 1 heterocycles. The molecule has 26 heavy (non-hydrogen) atoms. The summed E-state index contributed by atoms with van der Waals surface area (Å²) >= 11 is 8.06. The average Bonchev–Trinajstić information content (AvgIpc) is 3.06. The summed E-state index contributed by atoms with van der Waals surface area (Å²) < 4.78 is 11.3. The van der Waals surface area contributed by atoms with Crippen molar-refractivity contribution in [1.29, 1.82) is 0 Å². The SMILES string of the molecule is COc1cc(CNCCCN(C)C)cc(Cl)c1OCc1cccs1.Cl.Cl. The number of hydrogen-bond donors (Lipinski definition) is 1. The molecule has 0 aliphatic rings. The Kier molecular flexibility index (Phi) is 13.1. The summed E-state index contributed by atoms with van der Waals surface area (Å²) in [6.45, 7) is 3.30. The van der Waals surface area contributed by atoms with Crippen LogP contribution in [0.1, 0.15) is 16.9 Å². The molecule has 0 unspecified atom stereocenters. The number of ether oxygens (including phenoxy) is 2. The Hall–Kier alpha value is -0.690. The first-order valence-corrected chi connectivity index (χ1v) is 9.23. The van der Waals surface area contributed by atoms with Crippen LogP contribution in [0.2, 0.25) is 5.02 Å². The van der Waals surface area contributed by atoms with Gasteiger partial charge in [0.05, 0.1) is 12.1 Å². The maximum atomic E-state index is 6.40. The molecule has 0 saturated carbocycles. The van der Waals surface area contributed by atoms with Crippen LogP contribution < -0.4 is 14.8 Å². The van der Waals surface area contributed by atoms with Gasteiger partial charge in [-0.05, 0) is 62.7 Å². The first-order chi connectivity index (χ1) is 11.6. The van der Waals surface area contributed by atoms with Gasteiger partial charge in [0.15, 0.2) is 11.5 Å². The molecule has 0 aliphatic heterocycles. The highest BCUT2D eigenvalue weighted by molar-refractivity contribution is 7.09. The summed E-state index contributed by atoms with van der Waals surface area (Å²) in [4.78, 5) is 3.33.